The van der Waals surface area contributed by atoms with Crippen molar-refractivity contribution < 1.29 is 14.6 Å². The maximum atomic E-state index is 11.6. The van der Waals surface area contributed by atoms with E-state index in [0.29, 0.717) is 13.1 Å². The first-order valence-corrected chi connectivity index (χ1v) is 5.87. The van der Waals surface area contributed by atoms with Crippen LogP contribution < -0.4 is 11.1 Å². The Kier molecular flexibility index (Phi) is 6.35. The quantitative estimate of drug-likeness (QED) is 0.645. The molecule has 0 heterocycles. The molecule has 1 amide bonds. The van der Waals surface area contributed by atoms with Gasteiger partial charge in [0.05, 0.1) is 19.1 Å². The number of aliphatic hydroxyl groups excluding tert-OH is 1. The number of hydrogen-bond donors (Lipinski definition) is 3. The highest BCUT2D eigenvalue weighted by Crippen LogP contribution is 2.05. The van der Waals surface area contributed by atoms with Crippen LogP contribution in [0, 0.1) is 0 Å². The first-order valence-electron chi connectivity index (χ1n) is 5.87. The van der Waals surface area contributed by atoms with E-state index < -0.39 is 0 Å². The number of rotatable bonds is 7. The number of nitrogens with two attached hydrogens (primary N) is 1. The van der Waals surface area contributed by atoms with Crippen molar-refractivity contribution in [3.05, 3.63) is 35.4 Å². The van der Waals surface area contributed by atoms with Crippen LogP contribution in [-0.2, 0) is 22.7 Å². The van der Waals surface area contributed by atoms with Crippen molar-refractivity contribution >= 4 is 5.91 Å². The highest BCUT2D eigenvalue weighted by Gasteiger charge is 2.10. The highest BCUT2D eigenvalue weighted by atomic mass is 16.5. The van der Waals surface area contributed by atoms with Gasteiger partial charge in [-0.05, 0) is 11.1 Å². The summed E-state index contributed by atoms with van der Waals surface area (Å²) in [6, 6.07) is 7.44. The molecule has 100 valence electrons. The van der Waals surface area contributed by atoms with Gasteiger partial charge < -0.3 is 20.9 Å². The zero-order valence-corrected chi connectivity index (χ0v) is 10.6. The van der Waals surface area contributed by atoms with Crippen LogP contribution >= 0.6 is 0 Å². The number of carbonyl (C=O) groups is 1. The summed E-state index contributed by atoms with van der Waals surface area (Å²) >= 11 is 0. The molecule has 0 saturated heterocycles. The Bertz CT molecular complexity index is 378. The minimum Gasteiger partial charge on any atom is -0.392 e. The molecule has 1 aromatic carbocycles. The summed E-state index contributed by atoms with van der Waals surface area (Å²) in [7, 11) is 1.54. The van der Waals surface area contributed by atoms with E-state index >= 15 is 0 Å². The van der Waals surface area contributed by atoms with Gasteiger partial charge in [0.25, 0.3) is 0 Å². The average Bonchev–Trinajstić information content (AvgIpc) is 2.42. The summed E-state index contributed by atoms with van der Waals surface area (Å²) in [5, 5.41) is 11.8. The smallest absolute Gasteiger partial charge is 0.222 e. The normalized spacial score (nSPS) is 12.2. The summed E-state index contributed by atoms with van der Waals surface area (Å²) in [5.74, 6) is -0.0956. The van der Waals surface area contributed by atoms with E-state index in [9.17, 15) is 4.79 Å². The van der Waals surface area contributed by atoms with Gasteiger partial charge in [-0.2, -0.15) is 0 Å². The molecule has 1 atom stereocenters. The molecule has 0 aliphatic heterocycles. The minimum atomic E-state index is -0.242. The summed E-state index contributed by atoms with van der Waals surface area (Å²) in [4.78, 5) is 11.6. The van der Waals surface area contributed by atoms with Gasteiger partial charge in [0.1, 0.15) is 0 Å². The third-order valence-electron chi connectivity index (χ3n) is 2.67. The van der Waals surface area contributed by atoms with E-state index in [4.69, 9.17) is 15.6 Å². The van der Waals surface area contributed by atoms with Crippen molar-refractivity contribution in [1.82, 2.24) is 5.32 Å². The summed E-state index contributed by atoms with van der Waals surface area (Å²) in [5.41, 5.74) is 7.23. The molecular weight excluding hydrogens is 232 g/mol. The standard InChI is InChI=1S/C13H20N2O3/c1-18-12(7-14)6-13(17)15-8-10-3-2-4-11(5-10)9-16/h2-5,12,16H,6-9,14H2,1H3,(H,15,17). The molecule has 1 aromatic rings. The molecule has 1 rings (SSSR count). The van der Waals surface area contributed by atoms with Crippen LogP contribution in [0.1, 0.15) is 17.5 Å². The average molecular weight is 252 g/mol. The van der Waals surface area contributed by atoms with Gasteiger partial charge >= 0.3 is 0 Å². The van der Waals surface area contributed by atoms with E-state index in [2.05, 4.69) is 5.32 Å². The van der Waals surface area contributed by atoms with Crippen molar-refractivity contribution in [1.29, 1.82) is 0 Å². The summed E-state index contributed by atoms with van der Waals surface area (Å²) in [6.45, 7) is 0.762. The number of benzene rings is 1. The predicted molar refractivity (Wildman–Crippen MR) is 68.7 cm³/mol. The fourth-order valence-corrected chi connectivity index (χ4v) is 1.58. The lowest BCUT2D eigenvalue weighted by atomic mass is 10.1. The fourth-order valence-electron chi connectivity index (χ4n) is 1.58. The van der Waals surface area contributed by atoms with Gasteiger partial charge in [-0.25, -0.2) is 0 Å². The number of methoxy groups -OCH3 is 1. The monoisotopic (exact) mass is 252 g/mol. The molecule has 0 aliphatic carbocycles. The lowest BCUT2D eigenvalue weighted by Crippen LogP contribution is -2.31. The van der Waals surface area contributed by atoms with Crippen LogP contribution in [0.5, 0.6) is 0 Å². The van der Waals surface area contributed by atoms with Crippen LogP contribution in [0.15, 0.2) is 24.3 Å². The second-order valence-corrected chi connectivity index (χ2v) is 4.05. The topological polar surface area (TPSA) is 84.6 Å². The molecule has 0 aromatic heterocycles. The number of ether oxygens (including phenoxy) is 1. The Morgan fingerprint density at radius 3 is 2.83 bits per heavy atom. The first-order chi connectivity index (χ1) is 8.69. The number of aliphatic hydroxyl groups is 1. The fraction of sp³-hybridized carbons (Fsp3) is 0.462. The van der Waals surface area contributed by atoms with Gasteiger partial charge in [0.2, 0.25) is 5.91 Å². The summed E-state index contributed by atoms with van der Waals surface area (Å²) in [6.07, 6.45) is 0.0148. The van der Waals surface area contributed by atoms with Gasteiger partial charge in [0, 0.05) is 20.2 Å². The van der Waals surface area contributed by atoms with Crippen molar-refractivity contribution in [3.63, 3.8) is 0 Å². The molecule has 0 spiro atoms. The van der Waals surface area contributed by atoms with Crippen molar-refractivity contribution in [2.45, 2.75) is 25.7 Å². The van der Waals surface area contributed by atoms with Crippen molar-refractivity contribution in [3.8, 4) is 0 Å². The van der Waals surface area contributed by atoms with Crippen LogP contribution in [0.3, 0.4) is 0 Å². The van der Waals surface area contributed by atoms with Gasteiger partial charge in [-0.15, -0.1) is 0 Å². The van der Waals surface area contributed by atoms with Crippen molar-refractivity contribution in [2.75, 3.05) is 13.7 Å². The molecule has 5 nitrogen and oxygen atoms in total. The molecule has 0 fully saturated rings. The molecule has 18 heavy (non-hydrogen) atoms. The molecule has 5 heteroatoms. The molecule has 0 saturated carbocycles. The molecule has 4 N–H and O–H groups in total. The zero-order valence-electron chi connectivity index (χ0n) is 10.6. The van der Waals surface area contributed by atoms with E-state index in [-0.39, 0.29) is 25.0 Å². The SMILES string of the molecule is COC(CN)CC(=O)NCc1cccc(CO)c1. The molecular formula is C13H20N2O3. The van der Waals surface area contributed by atoms with Crippen LogP contribution in [0.4, 0.5) is 0 Å². The molecule has 1 unspecified atom stereocenters. The Balaban J connectivity index is 2.42. The maximum Gasteiger partial charge on any atom is 0.222 e. The largest absolute Gasteiger partial charge is 0.392 e. The molecule has 0 aliphatic rings. The summed E-state index contributed by atoms with van der Waals surface area (Å²) < 4.78 is 5.04. The first kappa shape index (κ1) is 14.6. The second kappa shape index (κ2) is 7.81. The molecule has 0 bridgehead atoms. The van der Waals surface area contributed by atoms with Gasteiger partial charge in [-0.3, -0.25) is 4.79 Å². The number of nitrogens with one attached hydrogen (secondary N) is 1. The van der Waals surface area contributed by atoms with Gasteiger partial charge in [-0.1, -0.05) is 24.3 Å². The lowest BCUT2D eigenvalue weighted by molar-refractivity contribution is -0.123. The van der Waals surface area contributed by atoms with E-state index in [1.165, 1.54) is 7.11 Å². The van der Waals surface area contributed by atoms with E-state index in [1.54, 1.807) is 0 Å². The molecule has 0 radical (unpaired) electrons. The van der Waals surface area contributed by atoms with E-state index in [0.717, 1.165) is 11.1 Å². The van der Waals surface area contributed by atoms with Crippen LogP contribution in [-0.4, -0.2) is 30.8 Å². The minimum absolute atomic E-state index is 0.000703. The zero-order chi connectivity index (χ0) is 13.4. The van der Waals surface area contributed by atoms with E-state index in [1.807, 2.05) is 24.3 Å². The Labute approximate surface area is 107 Å². The number of hydrogen-bond acceptors (Lipinski definition) is 4. The van der Waals surface area contributed by atoms with Gasteiger partial charge in [0.15, 0.2) is 0 Å². The second-order valence-electron chi connectivity index (χ2n) is 4.05. The lowest BCUT2D eigenvalue weighted by Gasteiger charge is -2.12. The van der Waals surface area contributed by atoms with Crippen LogP contribution in [0.2, 0.25) is 0 Å². The highest BCUT2D eigenvalue weighted by molar-refractivity contribution is 5.76. The number of amides is 1. The Morgan fingerprint density at radius 1 is 1.50 bits per heavy atom. The Morgan fingerprint density at radius 2 is 2.22 bits per heavy atom. The van der Waals surface area contributed by atoms with Crippen molar-refractivity contribution in [2.24, 2.45) is 5.73 Å². The Hall–Kier alpha value is -1.43. The predicted octanol–water partition coefficient (Wildman–Crippen LogP) is 0.159. The third-order valence-corrected chi connectivity index (χ3v) is 2.67. The number of carbonyl (C=O) groups excluding carboxylic acids is 1. The van der Waals surface area contributed by atoms with Crippen LogP contribution in [0.25, 0.3) is 0 Å². The third kappa shape index (κ3) is 4.83. The maximum absolute atomic E-state index is 11.6.